The number of rotatable bonds is 3. The highest BCUT2D eigenvalue weighted by molar-refractivity contribution is 14.1. The lowest BCUT2D eigenvalue weighted by Crippen LogP contribution is -2.19. The van der Waals surface area contributed by atoms with E-state index in [1.54, 1.807) is 0 Å². The van der Waals surface area contributed by atoms with Crippen molar-refractivity contribution in [2.45, 2.75) is 19.3 Å². The molecule has 1 fully saturated rings. The minimum Gasteiger partial charge on any atom is -0.492 e. The summed E-state index contributed by atoms with van der Waals surface area (Å²) in [6.07, 6.45) is 4.06. The lowest BCUT2D eigenvalue weighted by molar-refractivity contribution is 0.179. The number of benzene rings is 1. The molecule has 3 heteroatoms. The molecule has 0 spiro atoms. The maximum atomic E-state index is 5.77. The highest BCUT2D eigenvalue weighted by atomic mass is 127. The molecule has 1 aromatic carbocycles. The molecular formula is C11H12BrIO. The zero-order valence-electron chi connectivity index (χ0n) is 7.80. The Labute approximate surface area is 106 Å². The third kappa shape index (κ3) is 2.63. The second kappa shape index (κ2) is 4.84. The largest absolute Gasteiger partial charge is 0.492 e. The average molecular weight is 367 g/mol. The summed E-state index contributed by atoms with van der Waals surface area (Å²) in [4.78, 5) is 0. The van der Waals surface area contributed by atoms with Gasteiger partial charge in [0.05, 0.1) is 10.2 Å². The molecule has 0 amide bonds. The van der Waals surface area contributed by atoms with Gasteiger partial charge in [0.25, 0.3) is 0 Å². The van der Waals surface area contributed by atoms with Crippen LogP contribution in [0.1, 0.15) is 19.3 Å². The molecule has 2 rings (SSSR count). The Morgan fingerprint density at radius 1 is 1.43 bits per heavy atom. The van der Waals surface area contributed by atoms with Crippen LogP contribution in [-0.2, 0) is 0 Å². The van der Waals surface area contributed by atoms with Gasteiger partial charge >= 0.3 is 0 Å². The van der Waals surface area contributed by atoms with E-state index < -0.39 is 0 Å². The molecule has 0 radical (unpaired) electrons. The van der Waals surface area contributed by atoms with Crippen molar-refractivity contribution in [1.82, 2.24) is 0 Å². The lowest BCUT2D eigenvalue weighted by atomic mass is 9.86. The van der Waals surface area contributed by atoms with Crippen LogP contribution in [0.3, 0.4) is 0 Å². The van der Waals surface area contributed by atoms with Gasteiger partial charge < -0.3 is 4.74 Å². The molecular weight excluding hydrogens is 355 g/mol. The molecule has 0 bridgehead atoms. The van der Waals surface area contributed by atoms with Crippen LogP contribution in [0.2, 0.25) is 0 Å². The molecule has 14 heavy (non-hydrogen) atoms. The first kappa shape index (κ1) is 10.7. The van der Waals surface area contributed by atoms with E-state index in [4.69, 9.17) is 4.74 Å². The molecule has 0 atom stereocenters. The topological polar surface area (TPSA) is 9.23 Å². The van der Waals surface area contributed by atoms with Gasteiger partial charge in [-0.1, -0.05) is 22.4 Å². The van der Waals surface area contributed by atoms with Crippen molar-refractivity contribution in [3.63, 3.8) is 0 Å². The Bertz CT molecular complexity index is 323. The minimum atomic E-state index is 0.800. The van der Waals surface area contributed by atoms with E-state index in [-0.39, 0.29) is 0 Å². The molecule has 0 N–H and O–H groups in total. The summed E-state index contributed by atoms with van der Waals surface area (Å²) in [7, 11) is 0. The highest BCUT2D eigenvalue weighted by Crippen LogP contribution is 2.29. The number of hydrogen-bond acceptors (Lipinski definition) is 1. The van der Waals surface area contributed by atoms with Crippen LogP contribution in [0.5, 0.6) is 5.75 Å². The van der Waals surface area contributed by atoms with Gasteiger partial charge in [-0.05, 0) is 59.5 Å². The Hall–Kier alpha value is 0.230. The lowest BCUT2D eigenvalue weighted by Gasteiger charge is -2.25. The smallest absolute Gasteiger partial charge is 0.132 e. The predicted octanol–water partition coefficient (Wildman–Crippen LogP) is 4.23. The first-order valence-corrected chi connectivity index (χ1v) is 6.71. The zero-order chi connectivity index (χ0) is 9.97. The van der Waals surface area contributed by atoms with E-state index in [2.05, 4.69) is 44.6 Å². The first-order valence-electron chi connectivity index (χ1n) is 4.83. The monoisotopic (exact) mass is 366 g/mol. The first-order chi connectivity index (χ1) is 6.75. The average Bonchev–Trinajstić information content (AvgIpc) is 2.05. The van der Waals surface area contributed by atoms with Gasteiger partial charge in [0.2, 0.25) is 0 Å². The van der Waals surface area contributed by atoms with Gasteiger partial charge in [0.1, 0.15) is 5.75 Å². The fraction of sp³-hybridized carbons (Fsp3) is 0.455. The fourth-order valence-corrected chi connectivity index (χ4v) is 2.92. The molecule has 76 valence electrons. The van der Waals surface area contributed by atoms with E-state index in [1.807, 2.05) is 12.1 Å². The van der Waals surface area contributed by atoms with Crippen molar-refractivity contribution >= 4 is 38.5 Å². The SMILES string of the molecule is Brc1ccc(OCC2CCC2)c(I)c1. The van der Waals surface area contributed by atoms with Crippen LogP contribution in [0.15, 0.2) is 22.7 Å². The normalized spacial score (nSPS) is 16.4. The molecule has 0 heterocycles. The van der Waals surface area contributed by atoms with Crippen molar-refractivity contribution in [1.29, 1.82) is 0 Å². The molecule has 0 unspecified atom stereocenters. The third-order valence-electron chi connectivity index (χ3n) is 2.59. The molecule has 0 saturated heterocycles. The van der Waals surface area contributed by atoms with E-state index >= 15 is 0 Å². The number of ether oxygens (including phenoxy) is 1. The van der Waals surface area contributed by atoms with Gasteiger partial charge in [-0.2, -0.15) is 0 Å². The fourth-order valence-electron chi connectivity index (χ4n) is 1.46. The van der Waals surface area contributed by atoms with Gasteiger partial charge in [0, 0.05) is 4.47 Å². The minimum absolute atomic E-state index is 0.800. The van der Waals surface area contributed by atoms with Crippen molar-refractivity contribution in [3.05, 3.63) is 26.2 Å². The molecule has 1 saturated carbocycles. The van der Waals surface area contributed by atoms with E-state index in [9.17, 15) is 0 Å². The zero-order valence-corrected chi connectivity index (χ0v) is 11.5. The van der Waals surface area contributed by atoms with Gasteiger partial charge in [0.15, 0.2) is 0 Å². The molecule has 1 aromatic rings. The molecule has 1 nitrogen and oxygen atoms in total. The molecule has 1 aliphatic rings. The van der Waals surface area contributed by atoms with Gasteiger partial charge in [-0.15, -0.1) is 0 Å². The summed E-state index contributed by atoms with van der Waals surface area (Å²) in [5.41, 5.74) is 0. The Morgan fingerprint density at radius 2 is 2.21 bits per heavy atom. The van der Waals surface area contributed by atoms with Crippen molar-refractivity contribution in [3.8, 4) is 5.75 Å². The molecule has 0 aromatic heterocycles. The van der Waals surface area contributed by atoms with Crippen LogP contribution < -0.4 is 4.74 Å². The van der Waals surface area contributed by atoms with Crippen LogP contribution in [0, 0.1) is 9.49 Å². The third-order valence-corrected chi connectivity index (χ3v) is 3.93. The van der Waals surface area contributed by atoms with Gasteiger partial charge in [-0.3, -0.25) is 0 Å². The van der Waals surface area contributed by atoms with Crippen LogP contribution >= 0.6 is 38.5 Å². The number of hydrogen-bond donors (Lipinski definition) is 0. The predicted molar refractivity (Wildman–Crippen MR) is 69.7 cm³/mol. The van der Waals surface area contributed by atoms with Crippen LogP contribution in [0.25, 0.3) is 0 Å². The van der Waals surface area contributed by atoms with Crippen LogP contribution in [-0.4, -0.2) is 6.61 Å². The maximum Gasteiger partial charge on any atom is 0.132 e. The molecule has 0 aliphatic heterocycles. The summed E-state index contributed by atoms with van der Waals surface area (Å²) in [6.45, 7) is 0.887. The summed E-state index contributed by atoms with van der Waals surface area (Å²) >= 11 is 5.75. The summed E-state index contributed by atoms with van der Waals surface area (Å²) in [5.74, 6) is 1.81. The summed E-state index contributed by atoms with van der Waals surface area (Å²) in [6, 6.07) is 6.14. The van der Waals surface area contributed by atoms with Crippen molar-refractivity contribution in [2.24, 2.45) is 5.92 Å². The Morgan fingerprint density at radius 3 is 2.79 bits per heavy atom. The summed E-state index contributed by atoms with van der Waals surface area (Å²) in [5, 5.41) is 0. The van der Waals surface area contributed by atoms with E-state index in [1.165, 1.54) is 22.8 Å². The highest BCUT2D eigenvalue weighted by Gasteiger charge is 2.18. The quantitative estimate of drug-likeness (QED) is 0.727. The standard InChI is InChI=1S/C11H12BrIO/c12-9-4-5-11(10(13)6-9)14-7-8-2-1-3-8/h4-6,8H,1-3,7H2. The Balaban J connectivity index is 1.94. The van der Waals surface area contributed by atoms with Crippen molar-refractivity contribution in [2.75, 3.05) is 6.61 Å². The second-order valence-electron chi connectivity index (χ2n) is 3.68. The summed E-state index contributed by atoms with van der Waals surface area (Å²) < 4.78 is 8.05. The maximum absolute atomic E-state index is 5.77. The van der Waals surface area contributed by atoms with E-state index in [0.29, 0.717) is 0 Å². The van der Waals surface area contributed by atoms with Crippen molar-refractivity contribution < 1.29 is 4.74 Å². The van der Waals surface area contributed by atoms with Gasteiger partial charge in [-0.25, -0.2) is 0 Å². The molecule has 1 aliphatic carbocycles. The number of halogens is 2. The Kier molecular flexibility index (Phi) is 3.71. The second-order valence-corrected chi connectivity index (χ2v) is 5.76. The van der Waals surface area contributed by atoms with E-state index in [0.717, 1.165) is 22.7 Å². The van der Waals surface area contributed by atoms with Crippen LogP contribution in [0.4, 0.5) is 0 Å².